The molecule has 0 spiro atoms. The van der Waals surface area contributed by atoms with E-state index in [2.05, 4.69) is 6.08 Å². The molecule has 0 saturated heterocycles. The second-order valence-corrected chi connectivity index (χ2v) is 4.42. The van der Waals surface area contributed by atoms with Crippen molar-refractivity contribution in [2.75, 3.05) is 0 Å². The lowest BCUT2D eigenvalue weighted by Crippen LogP contribution is -2.17. The first-order valence-corrected chi connectivity index (χ1v) is 4.98. The summed E-state index contributed by atoms with van der Waals surface area (Å²) in [5.74, 6) is 0. The van der Waals surface area contributed by atoms with Crippen LogP contribution in [-0.2, 0) is 0 Å². The maximum Gasteiger partial charge on any atom is 0.0594 e. The summed E-state index contributed by atoms with van der Waals surface area (Å²) in [5.41, 5.74) is 1.12. The van der Waals surface area contributed by atoms with E-state index in [1.54, 1.807) is 5.57 Å². The first-order valence-electron chi connectivity index (χ1n) is 4.98. The third-order valence-corrected chi connectivity index (χ3v) is 2.43. The fraction of sp³-hybridized carbons (Fsp3) is 0.818. The molecule has 1 aliphatic carbocycles. The summed E-state index contributed by atoms with van der Waals surface area (Å²) in [5, 5.41) is 9.46. The third-order valence-electron chi connectivity index (χ3n) is 2.43. The monoisotopic (exact) mass is 168 g/mol. The van der Waals surface area contributed by atoms with Crippen LogP contribution in [0.15, 0.2) is 11.6 Å². The number of rotatable bonds is 3. The van der Waals surface area contributed by atoms with Gasteiger partial charge in [0.15, 0.2) is 0 Å². The lowest BCUT2D eigenvalue weighted by Gasteiger charge is -2.15. The van der Waals surface area contributed by atoms with E-state index < -0.39 is 5.60 Å². The fourth-order valence-corrected chi connectivity index (χ4v) is 1.66. The normalized spacial score (nSPS) is 18.4. The molecule has 1 N–H and O–H groups in total. The molecular formula is C11H20O. The van der Waals surface area contributed by atoms with Gasteiger partial charge >= 0.3 is 0 Å². The van der Waals surface area contributed by atoms with Crippen LogP contribution >= 0.6 is 0 Å². The summed E-state index contributed by atoms with van der Waals surface area (Å²) in [6, 6.07) is 0. The molecule has 1 aliphatic rings. The summed E-state index contributed by atoms with van der Waals surface area (Å²) in [4.78, 5) is 0. The second-order valence-electron chi connectivity index (χ2n) is 4.42. The van der Waals surface area contributed by atoms with Crippen molar-refractivity contribution in [3.8, 4) is 0 Å². The van der Waals surface area contributed by atoms with Gasteiger partial charge in [0.05, 0.1) is 5.60 Å². The summed E-state index contributed by atoms with van der Waals surface area (Å²) < 4.78 is 0. The van der Waals surface area contributed by atoms with Gasteiger partial charge in [0.1, 0.15) is 0 Å². The Morgan fingerprint density at radius 2 is 1.92 bits per heavy atom. The maximum atomic E-state index is 9.46. The Balaban J connectivity index is 2.20. The molecular weight excluding hydrogens is 148 g/mol. The Morgan fingerprint density at radius 3 is 2.42 bits per heavy atom. The van der Waals surface area contributed by atoms with E-state index in [4.69, 9.17) is 0 Å². The first kappa shape index (κ1) is 9.79. The van der Waals surface area contributed by atoms with E-state index in [1.165, 1.54) is 25.7 Å². The summed E-state index contributed by atoms with van der Waals surface area (Å²) in [6.07, 6.45) is 9.58. The second kappa shape index (κ2) is 4.08. The van der Waals surface area contributed by atoms with Gasteiger partial charge in [-0.05, 0) is 52.4 Å². The lowest BCUT2D eigenvalue weighted by molar-refractivity contribution is 0.0721. The standard InChI is InChI=1S/C11H20O/c1-11(2,12)9-5-8-10-6-3-4-7-10/h8,12H,3-7,9H2,1-2H3. The van der Waals surface area contributed by atoms with Crippen molar-refractivity contribution in [2.24, 2.45) is 0 Å². The average Bonchev–Trinajstić information content (AvgIpc) is 2.36. The van der Waals surface area contributed by atoms with Gasteiger partial charge in [-0.1, -0.05) is 11.6 Å². The topological polar surface area (TPSA) is 20.2 Å². The van der Waals surface area contributed by atoms with Crippen molar-refractivity contribution in [1.29, 1.82) is 0 Å². The molecule has 12 heavy (non-hydrogen) atoms. The van der Waals surface area contributed by atoms with Gasteiger partial charge in [-0.15, -0.1) is 0 Å². The zero-order valence-corrected chi connectivity index (χ0v) is 8.27. The molecule has 1 heteroatoms. The average molecular weight is 168 g/mol. The van der Waals surface area contributed by atoms with Crippen molar-refractivity contribution in [2.45, 2.75) is 58.0 Å². The molecule has 0 bridgehead atoms. The highest BCUT2D eigenvalue weighted by molar-refractivity contribution is 5.05. The number of allylic oxidation sites excluding steroid dienone is 2. The minimum Gasteiger partial charge on any atom is -0.390 e. The van der Waals surface area contributed by atoms with E-state index in [0.29, 0.717) is 0 Å². The lowest BCUT2D eigenvalue weighted by atomic mass is 10.0. The highest BCUT2D eigenvalue weighted by Gasteiger charge is 2.11. The Labute approximate surface area is 75.5 Å². The highest BCUT2D eigenvalue weighted by Crippen LogP contribution is 2.24. The number of aliphatic hydroxyl groups is 1. The van der Waals surface area contributed by atoms with Gasteiger partial charge in [0.2, 0.25) is 0 Å². The van der Waals surface area contributed by atoms with Crippen LogP contribution in [0.3, 0.4) is 0 Å². The predicted octanol–water partition coefficient (Wildman–Crippen LogP) is 3.04. The van der Waals surface area contributed by atoms with Gasteiger partial charge in [-0.2, -0.15) is 0 Å². The molecule has 70 valence electrons. The molecule has 0 aromatic heterocycles. The van der Waals surface area contributed by atoms with Crippen LogP contribution in [-0.4, -0.2) is 10.7 Å². The smallest absolute Gasteiger partial charge is 0.0594 e. The van der Waals surface area contributed by atoms with Gasteiger partial charge < -0.3 is 5.11 Å². The van der Waals surface area contributed by atoms with Gasteiger partial charge in [0.25, 0.3) is 0 Å². The Hall–Kier alpha value is -0.300. The Bertz CT molecular complexity index is 154. The van der Waals surface area contributed by atoms with Crippen LogP contribution in [0, 0.1) is 0 Å². The van der Waals surface area contributed by atoms with E-state index in [0.717, 1.165) is 12.8 Å². The molecule has 0 unspecified atom stereocenters. The fourth-order valence-electron chi connectivity index (χ4n) is 1.66. The van der Waals surface area contributed by atoms with E-state index in [-0.39, 0.29) is 0 Å². The molecule has 1 rings (SSSR count). The van der Waals surface area contributed by atoms with Gasteiger partial charge in [-0.3, -0.25) is 0 Å². The van der Waals surface area contributed by atoms with Crippen molar-refractivity contribution >= 4 is 0 Å². The molecule has 1 saturated carbocycles. The highest BCUT2D eigenvalue weighted by atomic mass is 16.3. The zero-order valence-electron chi connectivity index (χ0n) is 8.27. The van der Waals surface area contributed by atoms with E-state index in [9.17, 15) is 5.11 Å². The predicted molar refractivity (Wildman–Crippen MR) is 52.1 cm³/mol. The molecule has 0 atom stereocenters. The molecule has 0 aliphatic heterocycles. The third kappa shape index (κ3) is 3.91. The quantitative estimate of drug-likeness (QED) is 0.642. The minimum absolute atomic E-state index is 0.490. The van der Waals surface area contributed by atoms with E-state index >= 15 is 0 Å². The SMILES string of the molecule is CC(C)(O)CCC=C1CCCC1. The van der Waals surface area contributed by atoms with Crippen LogP contribution in [0.4, 0.5) is 0 Å². The summed E-state index contributed by atoms with van der Waals surface area (Å²) in [6.45, 7) is 3.75. The van der Waals surface area contributed by atoms with Crippen molar-refractivity contribution in [3.05, 3.63) is 11.6 Å². The summed E-state index contributed by atoms with van der Waals surface area (Å²) in [7, 11) is 0. The largest absolute Gasteiger partial charge is 0.390 e. The van der Waals surface area contributed by atoms with Crippen molar-refractivity contribution in [3.63, 3.8) is 0 Å². The number of hydrogen-bond donors (Lipinski definition) is 1. The molecule has 0 aromatic rings. The Kier molecular flexibility index (Phi) is 3.33. The van der Waals surface area contributed by atoms with Crippen LogP contribution in [0.25, 0.3) is 0 Å². The molecule has 0 heterocycles. The van der Waals surface area contributed by atoms with Crippen molar-refractivity contribution < 1.29 is 5.11 Å². The minimum atomic E-state index is -0.490. The van der Waals surface area contributed by atoms with Crippen molar-refractivity contribution in [1.82, 2.24) is 0 Å². The first-order chi connectivity index (χ1) is 5.58. The van der Waals surface area contributed by atoms with E-state index in [1.807, 2.05) is 13.8 Å². The molecule has 0 aromatic carbocycles. The molecule has 0 radical (unpaired) electrons. The van der Waals surface area contributed by atoms with Crippen LogP contribution in [0.5, 0.6) is 0 Å². The van der Waals surface area contributed by atoms with Crippen LogP contribution < -0.4 is 0 Å². The number of hydrogen-bond acceptors (Lipinski definition) is 1. The molecule has 0 amide bonds. The maximum absolute atomic E-state index is 9.46. The summed E-state index contributed by atoms with van der Waals surface area (Å²) >= 11 is 0. The van der Waals surface area contributed by atoms with Gasteiger partial charge in [0, 0.05) is 0 Å². The molecule has 1 nitrogen and oxygen atoms in total. The molecule has 1 fully saturated rings. The zero-order chi connectivity index (χ0) is 9.03. The van der Waals surface area contributed by atoms with Crippen LogP contribution in [0.2, 0.25) is 0 Å². The Morgan fingerprint density at radius 1 is 1.33 bits per heavy atom. The van der Waals surface area contributed by atoms with Gasteiger partial charge in [-0.25, -0.2) is 0 Å². The van der Waals surface area contributed by atoms with Crippen LogP contribution in [0.1, 0.15) is 52.4 Å².